The second-order valence-electron chi connectivity index (χ2n) is 3.42. The van der Waals surface area contributed by atoms with Crippen molar-refractivity contribution in [3.05, 3.63) is 15.7 Å². The van der Waals surface area contributed by atoms with Crippen LogP contribution >= 0.6 is 35.0 Å². The highest BCUT2D eigenvalue weighted by Crippen LogP contribution is 2.24. The normalized spacial score (nSPS) is 27.2. The predicted molar refractivity (Wildman–Crippen MR) is 63.1 cm³/mol. The maximum absolute atomic E-state index is 4.31. The van der Waals surface area contributed by atoms with Gasteiger partial charge in [0, 0.05) is 0 Å². The van der Waals surface area contributed by atoms with E-state index in [0.717, 1.165) is 22.0 Å². The average molecular weight is 314 g/mol. The molecule has 0 spiro atoms. The second-order valence-corrected chi connectivity index (χ2v) is 4.58. The van der Waals surface area contributed by atoms with Gasteiger partial charge in [0.25, 0.3) is 0 Å². The van der Waals surface area contributed by atoms with E-state index in [0.29, 0.717) is 6.04 Å². The molecule has 2 atom stereocenters. The van der Waals surface area contributed by atoms with E-state index in [4.69, 9.17) is 0 Å². The smallest absolute Gasteiger partial charge is 0.124 e. The molecule has 0 unspecified atom stereocenters. The number of halogens is 2. The van der Waals surface area contributed by atoms with E-state index in [1.54, 1.807) is 0 Å². The van der Waals surface area contributed by atoms with Gasteiger partial charge in [-0.05, 0) is 41.5 Å². The molecular weight excluding hydrogens is 300 g/mol. The topological polar surface area (TPSA) is 40.7 Å². The Balaban J connectivity index is 0.000000845. The second kappa shape index (κ2) is 4.61. The van der Waals surface area contributed by atoms with Crippen LogP contribution in [0.4, 0.5) is 0 Å². The first kappa shape index (κ1) is 11.3. The Hall–Kier alpha value is 0.190. The first-order valence-corrected chi connectivity index (χ1v) is 5.27. The molecule has 1 aliphatic rings. The number of imidazole rings is 1. The SMILES string of the molecule is C[C@@H]1CN[C@H](c2ncc(I)[nH]2)C1.Cl. The lowest BCUT2D eigenvalue weighted by Crippen LogP contribution is -2.14. The molecule has 0 aliphatic carbocycles. The molecule has 5 heteroatoms. The molecule has 1 saturated heterocycles. The summed E-state index contributed by atoms with van der Waals surface area (Å²) in [6.45, 7) is 3.38. The molecule has 2 N–H and O–H groups in total. The van der Waals surface area contributed by atoms with Crippen molar-refractivity contribution in [3.63, 3.8) is 0 Å². The number of H-pyrrole nitrogens is 1. The highest BCUT2D eigenvalue weighted by atomic mass is 127. The van der Waals surface area contributed by atoms with Gasteiger partial charge in [-0.15, -0.1) is 12.4 Å². The highest BCUT2D eigenvalue weighted by molar-refractivity contribution is 14.1. The monoisotopic (exact) mass is 313 g/mol. The van der Waals surface area contributed by atoms with Gasteiger partial charge < -0.3 is 10.3 Å². The fourth-order valence-electron chi connectivity index (χ4n) is 1.61. The summed E-state index contributed by atoms with van der Waals surface area (Å²) in [5.41, 5.74) is 0. The van der Waals surface area contributed by atoms with Crippen LogP contribution < -0.4 is 5.32 Å². The lowest BCUT2D eigenvalue weighted by Gasteiger charge is -2.04. The Bertz CT molecular complexity index is 276. The minimum absolute atomic E-state index is 0. The molecule has 2 heterocycles. The summed E-state index contributed by atoms with van der Waals surface area (Å²) in [6.07, 6.45) is 3.07. The molecule has 1 aromatic rings. The van der Waals surface area contributed by atoms with Gasteiger partial charge in [-0.2, -0.15) is 0 Å². The Morgan fingerprint density at radius 2 is 2.38 bits per heavy atom. The van der Waals surface area contributed by atoms with E-state index >= 15 is 0 Å². The van der Waals surface area contributed by atoms with Gasteiger partial charge in [-0.1, -0.05) is 6.92 Å². The van der Waals surface area contributed by atoms with Crippen molar-refractivity contribution in [3.8, 4) is 0 Å². The summed E-state index contributed by atoms with van der Waals surface area (Å²) >= 11 is 2.25. The number of nitrogens with zero attached hydrogens (tertiary/aromatic N) is 1. The standard InChI is InChI=1S/C8H12IN3.ClH/c1-5-2-6(10-3-5)8-11-4-7(9)12-8;/h4-6,10H,2-3H2,1H3,(H,11,12);1H/t5-,6-;/m0./s1. The Morgan fingerprint density at radius 1 is 1.62 bits per heavy atom. The summed E-state index contributed by atoms with van der Waals surface area (Å²) < 4.78 is 1.11. The van der Waals surface area contributed by atoms with Crippen molar-refractivity contribution in [1.29, 1.82) is 0 Å². The van der Waals surface area contributed by atoms with Gasteiger partial charge in [0.15, 0.2) is 0 Å². The number of aromatic amines is 1. The maximum Gasteiger partial charge on any atom is 0.124 e. The minimum Gasteiger partial charge on any atom is -0.336 e. The molecule has 1 aromatic heterocycles. The van der Waals surface area contributed by atoms with Crippen molar-refractivity contribution in [1.82, 2.24) is 15.3 Å². The first-order valence-electron chi connectivity index (χ1n) is 4.19. The van der Waals surface area contributed by atoms with Crippen LogP contribution in [0.1, 0.15) is 25.2 Å². The number of hydrogen-bond donors (Lipinski definition) is 2. The summed E-state index contributed by atoms with van der Waals surface area (Å²) in [7, 11) is 0. The van der Waals surface area contributed by atoms with Gasteiger partial charge in [-0.25, -0.2) is 4.98 Å². The zero-order valence-corrected chi connectivity index (χ0v) is 10.4. The van der Waals surface area contributed by atoms with Crippen LogP contribution in [0.25, 0.3) is 0 Å². The average Bonchev–Trinajstić information content (AvgIpc) is 2.58. The van der Waals surface area contributed by atoms with Crippen LogP contribution in [0.5, 0.6) is 0 Å². The minimum atomic E-state index is 0. The zero-order valence-electron chi connectivity index (χ0n) is 7.38. The molecule has 2 rings (SSSR count). The predicted octanol–water partition coefficient (Wildman–Crippen LogP) is 2.11. The van der Waals surface area contributed by atoms with E-state index in [-0.39, 0.29) is 12.4 Å². The zero-order chi connectivity index (χ0) is 8.55. The highest BCUT2D eigenvalue weighted by Gasteiger charge is 2.23. The molecule has 0 amide bonds. The fraction of sp³-hybridized carbons (Fsp3) is 0.625. The first-order chi connectivity index (χ1) is 5.75. The Labute approximate surface area is 97.6 Å². The van der Waals surface area contributed by atoms with Gasteiger partial charge >= 0.3 is 0 Å². The van der Waals surface area contributed by atoms with Gasteiger partial charge in [0.05, 0.1) is 15.9 Å². The van der Waals surface area contributed by atoms with Crippen LogP contribution in [0, 0.1) is 9.62 Å². The summed E-state index contributed by atoms with van der Waals surface area (Å²) in [6, 6.07) is 0.448. The lowest BCUT2D eigenvalue weighted by atomic mass is 10.1. The summed E-state index contributed by atoms with van der Waals surface area (Å²) in [5, 5.41) is 3.44. The molecule has 0 bridgehead atoms. The van der Waals surface area contributed by atoms with Crippen molar-refractivity contribution < 1.29 is 0 Å². The molecule has 0 saturated carbocycles. The molecule has 0 aromatic carbocycles. The number of nitrogens with one attached hydrogen (secondary N) is 2. The van der Waals surface area contributed by atoms with Crippen LogP contribution in [0.15, 0.2) is 6.20 Å². The van der Waals surface area contributed by atoms with Gasteiger partial charge in [0.2, 0.25) is 0 Å². The van der Waals surface area contributed by atoms with Crippen LogP contribution in [0.3, 0.4) is 0 Å². The van der Waals surface area contributed by atoms with E-state index in [1.807, 2.05) is 6.20 Å². The van der Waals surface area contributed by atoms with E-state index in [2.05, 4.69) is 44.8 Å². The third-order valence-corrected chi connectivity index (χ3v) is 2.79. The molecule has 1 aliphatic heterocycles. The number of rotatable bonds is 1. The molecule has 1 fully saturated rings. The molecule has 3 nitrogen and oxygen atoms in total. The van der Waals surface area contributed by atoms with E-state index < -0.39 is 0 Å². The maximum atomic E-state index is 4.31. The quantitative estimate of drug-likeness (QED) is 0.780. The fourth-order valence-corrected chi connectivity index (χ4v) is 2.03. The largest absolute Gasteiger partial charge is 0.336 e. The molecule has 0 radical (unpaired) electrons. The van der Waals surface area contributed by atoms with Crippen molar-refractivity contribution in [2.24, 2.45) is 5.92 Å². The van der Waals surface area contributed by atoms with Gasteiger partial charge in [-0.3, -0.25) is 0 Å². The van der Waals surface area contributed by atoms with Gasteiger partial charge in [0.1, 0.15) is 5.82 Å². The van der Waals surface area contributed by atoms with Crippen LogP contribution in [-0.2, 0) is 0 Å². The molecule has 13 heavy (non-hydrogen) atoms. The van der Waals surface area contributed by atoms with Crippen LogP contribution in [-0.4, -0.2) is 16.5 Å². The Kier molecular flexibility index (Phi) is 4.00. The van der Waals surface area contributed by atoms with E-state index in [1.165, 1.54) is 6.42 Å². The molecule has 74 valence electrons. The van der Waals surface area contributed by atoms with Crippen molar-refractivity contribution in [2.45, 2.75) is 19.4 Å². The van der Waals surface area contributed by atoms with Crippen LogP contribution in [0.2, 0.25) is 0 Å². The summed E-state index contributed by atoms with van der Waals surface area (Å²) in [4.78, 5) is 7.56. The lowest BCUT2D eigenvalue weighted by molar-refractivity contribution is 0.587. The van der Waals surface area contributed by atoms with E-state index in [9.17, 15) is 0 Å². The summed E-state index contributed by atoms with van der Waals surface area (Å²) in [5.74, 6) is 1.86. The Morgan fingerprint density at radius 3 is 2.85 bits per heavy atom. The third kappa shape index (κ3) is 2.57. The third-order valence-electron chi connectivity index (χ3n) is 2.25. The number of aromatic nitrogens is 2. The van der Waals surface area contributed by atoms with Crippen molar-refractivity contribution in [2.75, 3.05) is 6.54 Å². The number of hydrogen-bond acceptors (Lipinski definition) is 2. The molecular formula is C8H13ClIN3. The van der Waals surface area contributed by atoms with Crippen molar-refractivity contribution >= 4 is 35.0 Å².